The number of non-ortho nitro benzene ring substituents is 1. The van der Waals surface area contributed by atoms with Crippen LogP contribution in [0.25, 0.3) is 0 Å². The number of hydrogen-bond donors (Lipinski definition) is 1. The summed E-state index contributed by atoms with van der Waals surface area (Å²) in [7, 11) is 0. The van der Waals surface area contributed by atoms with Crippen molar-refractivity contribution in [2.45, 2.75) is 19.4 Å². The summed E-state index contributed by atoms with van der Waals surface area (Å²) in [6, 6.07) is 10.8. The van der Waals surface area contributed by atoms with E-state index in [4.69, 9.17) is 11.6 Å². The van der Waals surface area contributed by atoms with Gasteiger partial charge in [0.25, 0.3) is 17.5 Å². The molecule has 27 heavy (non-hydrogen) atoms. The predicted molar refractivity (Wildman–Crippen MR) is 101 cm³/mol. The number of nitrogens with one attached hydrogen (secondary N) is 1. The number of carbonyl (C=O) groups excluding carboxylic acids is 2. The van der Waals surface area contributed by atoms with E-state index >= 15 is 0 Å². The van der Waals surface area contributed by atoms with Gasteiger partial charge in [0.1, 0.15) is 0 Å². The van der Waals surface area contributed by atoms with Crippen LogP contribution in [0.2, 0.25) is 5.02 Å². The first kappa shape index (κ1) is 18.8. The van der Waals surface area contributed by atoms with Crippen molar-refractivity contribution in [1.29, 1.82) is 0 Å². The van der Waals surface area contributed by atoms with Crippen LogP contribution in [0.1, 0.15) is 39.1 Å². The van der Waals surface area contributed by atoms with Gasteiger partial charge in [0.05, 0.1) is 15.5 Å². The second kappa shape index (κ2) is 8.18. The van der Waals surface area contributed by atoms with E-state index in [0.717, 1.165) is 37.6 Å². The predicted octanol–water partition coefficient (Wildman–Crippen LogP) is 3.41. The average molecular weight is 388 g/mol. The zero-order valence-electron chi connectivity index (χ0n) is 14.5. The van der Waals surface area contributed by atoms with Gasteiger partial charge >= 0.3 is 0 Å². The fraction of sp³-hybridized carbons (Fsp3) is 0.263. The summed E-state index contributed by atoms with van der Waals surface area (Å²) in [5, 5.41) is 13.5. The van der Waals surface area contributed by atoms with Crippen LogP contribution in [0.4, 0.5) is 5.69 Å². The van der Waals surface area contributed by atoms with Crippen LogP contribution in [-0.4, -0.2) is 34.7 Å². The van der Waals surface area contributed by atoms with E-state index in [1.54, 1.807) is 24.3 Å². The highest BCUT2D eigenvalue weighted by Gasteiger charge is 2.19. The number of nitro benzene ring substituents is 1. The Bertz CT molecular complexity index is 877. The van der Waals surface area contributed by atoms with E-state index in [1.807, 2.05) is 4.90 Å². The third-order valence-electron chi connectivity index (χ3n) is 4.46. The van der Waals surface area contributed by atoms with Crippen molar-refractivity contribution in [3.63, 3.8) is 0 Å². The van der Waals surface area contributed by atoms with Gasteiger partial charge in [-0.15, -0.1) is 0 Å². The highest BCUT2D eigenvalue weighted by molar-refractivity contribution is 6.34. The van der Waals surface area contributed by atoms with Gasteiger partial charge in [-0.25, -0.2) is 0 Å². The minimum atomic E-state index is -0.571. The molecule has 0 saturated carbocycles. The Morgan fingerprint density at radius 3 is 2.37 bits per heavy atom. The smallest absolute Gasteiger partial charge is 0.270 e. The summed E-state index contributed by atoms with van der Waals surface area (Å²) in [5.41, 5.74) is 1.46. The molecule has 1 saturated heterocycles. The minimum Gasteiger partial charge on any atom is -0.348 e. The van der Waals surface area contributed by atoms with Gasteiger partial charge in [-0.1, -0.05) is 23.7 Å². The van der Waals surface area contributed by atoms with Crippen LogP contribution in [-0.2, 0) is 6.54 Å². The number of rotatable bonds is 5. The number of nitro groups is 1. The van der Waals surface area contributed by atoms with Gasteiger partial charge in [0, 0.05) is 37.3 Å². The van der Waals surface area contributed by atoms with Crippen LogP contribution in [0.15, 0.2) is 42.5 Å². The van der Waals surface area contributed by atoms with Gasteiger partial charge in [-0.05, 0) is 36.6 Å². The molecular formula is C19H18ClN3O4. The maximum Gasteiger partial charge on any atom is 0.270 e. The maximum absolute atomic E-state index is 12.3. The number of nitrogens with zero attached hydrogens (tertiary/aromatic N) is 2. The van der Waals surface area contributed by atoms with Gasteiger partial charge in [0.2, 0.25) is 0 Å². The Balaban J connectivity index is 1.60. The molecule has 7 nitrogen and oxygen atoms in total. The van der Waals surface area contributed by atoms with Gasteiger partial charge in [-0.3, -0.25) is 19.7 Å². The number of carbonyl (C=O) groups is 2. The molecule has 2 amide bonds. The second-order valence-corrected chi connectivity index (χ2v) is 6.71. The highest BCUT2D eigenvalue weighted by Crippen LogP contribution is 2.22. The molecule has 140 valence electrons. The Hall–Kier alpha value is -2.93. The Labute approximate surface area is 161 Å². The number of hydrogen-bond acceptors (Lipinski definition) is 4. The zero-order valence-corrected chi connectivity index (χ0v) is 15.2. The summed E-state index contributed by atoms with van der Waals surface area (Å²) in [5.74, 6) is -0.395. The van der Waals surface area contributed by atoms with E-state index < -0.39 is 10.8 Å². The zero-order chi connectivity index (χ0) is 19.4. The summed E-state index contributed by atoms with van der Waals surface area (Å²) in [6.07, 6.45) is 2.09. The largest absolute Gasteiger partial charge is 0.348 e. The van der Waals surface area contributed by atoms with E-state index in [1.165, 1.54) is 12.1 Å². The van der Waals surface area contributed by atoms with Crippen molar-refractivity contribution in [2.24, 2.45) is 0 Å². The fourth-order valence-corrected chi connectivity index (χ4v) is 3.21. The Kier molecular flexibility index (Phi) is 5.71. The van der Waals surface area contributed by atoms with Crippen LogP contribution in [0, 0.1) is 10.1 Å². The molecule has 0 unspecified atom stereocenters. The third kappa shape index (κ3) is 4.43. The average Bonchev–Trinajstić information content (AvgIpc) is 3.20. The first-order valence-corrected chi connectivity index (χ1v) is 8.94. The molecule has 0 bridgehead atoms. The lowest BCUT2D eigenvalue weighted by Gasteiger charge is -2.15. The quantitative estimate of drug-likeness (QED) is 0.628. The summed E-state index contributed by atoms with van der Waals surface area (Å²) in [4.78, 5) is 36.6. The number of halogens is 1. The van der Waals surface area contributed by atoms with Crippen molar-refractivity contribution < 1.29 is 14.5 Å². The maximum atomic E-state index is 12.3. The molecule has 1 fully saturated rings. The minimum absolute atomic E-state index is 0.0215. The van der Waals surface area contributed by atoms with E-state index in [-0.39, 0.29) is 28.7 Å². The number of amides is 2. The molecule has 0 radical (unpaired) electrons. The van der Waals surface area contributed by atoms with Crippen molar-refractivity contribution in [3.05, 3.63) is 74.3 Å². The summed E-state index contributed by atoms with van der Waals surface area (Å²) >= 11 is 5.96. The SMILES string of the molecule is O=C(NCc1ccc(C(=O)N2CCCC2)cc1)c1ccc([N+](=O)[O-])cc1Cl. The van der Waals surface area contributed by atoms with Crippen LogP contribution in [0.5, 0.6) is 0 Å². The number of likely N-dealkylation sites (tertiary alicyclic amines) is 1. The Morgan fingerprint density at radius 1 is 1.11 bits per heavy atom. The van der Waals surface area contributed by atoms with Gasteiger partial charge < -0.3 is 10.2 Å². The topological polar surface area (TPSA) is 92.6 Å². The molecular weight excluding hydrogens is 370 g/mol. The second-order valence-electron chi connectivity index (χ2n) is 6.30. The van der Waals surface area contributed by atoms with E-state index in [9.17, 15) is 19.7 Å². The van der Waals surface area contributed by atoms with Gasteiger partial charge in [-0.2, -0.15) is 0 Å². The van der Waals surface area contributed by atoms with Crippen molar-refractivity contribution in [1.82, 2.24) is 10.2 Å². The molecule has 2 aromatic carbocycles. The van der Waals surface area contributed by atoms with E-state index in [2.05, 4.69) is 5.32 Å². The molecule has 8 heteroatoms. The lowest BCUT2D eigenvalue weighted by Crippen LogP contribution is -2.27. The summed E-state index contributed by atoms with van der Waals surface area (Å²) in [6.45, 7) is 1.85. The first-order chi connectivity index (χ1) is 13.0. The third-order valence-corrected chi connectivity index (χ3v) is 4.77. The lowest BCUT2D eigenvalue weighted by atomic mass is 10.1. The van der Waals surface area contributed by atoms with Crippen molar-refractivity contribution in [3.8, 4) is 0 Å². The molecule has 0 spiro atoms. The standard InChI is InChI=1S/C19H18ClN3O4/c20-17-11-15(23(26)27)7-8-16(17)18(24)21-12-13-3-5-14(6-4-13)19(25)22-9-1-2-10-22/h3-8,11H,1-2,9-10,12H2,(H,21,24). The molecule has 1 N–H and O–H groups in total. The lowest BCUT2D eigenvalue weighted by molar-refractivity contribution is -0.384. The first-order valence-electron chi connectivity index (χ1n) is 8.56. The molecule has 2 aromatic rings. The number of benzene rings is 2. The van der Waals surface area contributed by atoms with E-state index in [0.29, 0.717) is 5.56 Å². The monoisotopic (exact) mass is 387 g/mol. The summed E-state index contributed by atoms with van der Waals surface area (Å²) < 4.78 is 0. The fourth-order valence-electron chi connectivity index (χ4n) is 2.95. The van der Waals surface area contributed by atoms with Gasteiger partial charge in [0.15, 0.2) is 0 Å². The highest BCUT2D eigenvalue weighted by atomic mass is 35.5. The molecule has 3 rings (SSSR count). The molecule has 0 aromatic heterocycles. The van der Waals surface area contributed by atoms with Crippen molar-refractivity contribution in [2.75, 3.05) is 13.1 Å². The molecule has 1 aliphatic heterocycles. The molecule has 0 aliphatic carbocycles. The van der Waals surface area contributed by atoms with Crippen LogP contribution >= 0.6 is 11.6 Å². The Morgan fingerprint density at radius 2 is 1.78 bits per heavy atom. The normalized spacial score (nSPS) is 13.4. The van der Waals surface area contributed by atoms with Crippen molar-refractivity contribution >= 4 is 29.1 Å². The molecule has 1 heterocycles. The van der Waals surface area contributed by atoms with Crippen LogP contribution in [0.3, 0.4) is 0 Å². The molecule has 0 atom stereocenters. The molecule has 1 aliphatic rings. The van der Waals surface area contributed by atoms with Crippen LogP contribution < -0.4 is 5.32 Å².